The average Bonchev–Trinajstić information content (AvgIpc) is 2.61. The van der Waals surface area contributed by atoms with Crippen LogP contribution >= 0.6 is 0 Å². The summed E-state index contributed by atoms with van der Waals surface area (Å²) in [5.41, 5.74) is 2.22. The summed E-state index contributed by atoms with van der Waals surface area (Å²) in [5.74, 6) is -0.355. The first-order valence-corrected chi connectivity index (χ1v) is 8.23. The molecule has 0 aliphatic heterocycles. The number of carboxylic acids is 1. The van der Waals surface area contributed by atoms with Gasteiger partial charge in [0.1, 0.15) is 5.82 Å². The van der Waals surface area contributed by atoms with Crippen molar-refractivity contribution in [1.82, 2.24) is 9.88 Å². The lowest BCUT2D eigenvalue weighted by Gasteiger charge is -2.17. The Morgan fingerprint density at radius 1 is 1.12 bits per heavy atom. The number of aromatic carboxylic acids is 1. The number of hydrogen-bond donors (Lipinski definition) is 2. The SMILES string of the molecule is CN(CCNc1cc(C(=O)O)c2ccccc2n1)Cc1ccccc1. The Balaban J connectivity index is 1.64. The van der Waals surface area contributed by atoms with Crippen LogP contribution in [0, 0.1) is 0 Å². The fourth-order valence-corrected chi connectivity index (χ4v) is 2.79. The first-order valence-electron chi connectivity index (χ1n) is 8.23. The third-order valence-corrected chi connectivity index (χ3v) is 4.04. The first kappa shape index (κ1) is 16.9. The molecule has 0 aliphatic rings. The number of rotatable bonds is 7. The highest BCUT2D eigenvalue weighted by atomic mass is 16.4. The minimum Gasteiger partial charge on any atom is -0.478 e. The lowest BCUT2D eigenvalue weighted by Crippen LogP contribution is -2.25. The van der Waals surface area contributed by atoms with Crippen LogP contribution in [0.15, 0.2) is 60.7 Å². The summed E-state index contributed by atoms with van der Waals surface area (Å²) in [6, 6.07) is 19.2. The standard InChI is InChI=1S/C20H21N3O2/c1-23(14-15-7-3-2-4-8-15)12-11-21-19-13-17(20(24)25)16-9-5-6-10-18(16)22-19/h2-10,13H,11-12,14H2,1H3,(H,21,22)(H,24,25). The molecule has 2 N–H and O–H groups in total. The van der Waals surface area contributed by atoms with Gasteiger partial charge in [-0.3, -0.25) is 0 Å². The van der Waals surface area contributed by atoms with E-state index in [-0.39, 0.29) is 5.56 Å². The Labute approximate surface area is 146 Å². The molecule has 5 nitrogen and oxygen atoms in total. The highest BCUT2D eigenvalue weighted by molar-refractivity contribution is 6.03. The molecule has 0 unspecified atom stereocenters. The highest BCUT2D eigenvalue weighted by Gasteiger charge is 2.11. The minimum atomic E-state index is -0.942. The van der Waals surface area contributed by atoms with Crippen LogP contribution < -0.4 is 5.32 Å². The molecule has 0 amide bonds. The van der Waals surface area contributed by atoms with Crippen LogP contribution in [0.5, 0.6) is 0 Å². The Bertz CT molecular complexity index is 865. The maximum Gasteiger partial charge on any atom is 0.336 e. The van der Waals surface area contributed by atoms with Crippen molar-refractivity contribution in [2.75, 3.05) is 25.5 Å². The third kappa shape index (κ3) is 4.33. The van der Waals surface area contributed by atoms with Crippen molar-refractivity contribution in [1.29, 1.82) is 0 Å². The number of carbonyl (C=O) groups is 1. The maximum absolute atomic E-state index is 11.5. The Kier molecular flexibility index (Phi) is 5.26. The molecule has 0 aliphatic carbocycles. The van der Waals surface area contributed by atoms with E-state index >= 15 is 0 Å². The zero-order chi connectivity index (χ0) is 17.6. The van der Waals surface area contributed by atoms with Crippen LogP contribution in [0.3, 0.4) is 0 Å². The van der Waals surface area contributed by atoms with Crippen LogP contribution in [0.1, 0.15) is 15.9 Å². The molecule has 0 bridgehead atoms. The fourth-order valence-electron chi connectivity index (χ4n) is 2.79. The number of aromatic nitrogens is 1. The Morgan fingerprint density at radius 3 is 2.60 bits per heavy atom. The topological polar surface area (TPSA) is 65.5 Å². The van der Waals surface area contributed by atoms with Crippen molar-refractivity contribution in [2.45, 2.75) is 6.54 Å². The summed E-state index contributed by atoms with van der Waals surface area (Å²) < 4.78 is 0. The van der Waals surface area contributed by atoms with Crippen molar-refractivity contribution >= 4 is 22.7 Å². The highest BCUT2D eigenvalue weighted by Crippen LogP contribution is 2.20. The van der Waals surface area contributed by atoms with E-state index in [9.17, 15) is 9.90 Å². The summed E-state index contributed by atoms with van der Waals surface area (Å²) in [5, 5.41) is 13.3. The van der Waals surface area contributed by atoms with Crippen LogP contribution in [-0.2, 0) is 6.54 Å². The summed E-state index contributed by atoms with van der Waals surface area (Å²) >= 11 is 0. The number of hydrogen-bond acceptors (Lipinski definition) is 4. The van der Waals surface area contributed by atoms with E-state index in [2.05, 4.69) is 34.4 Å². The van der Waals surface area contributed by atoms with Gasteiger partial charge in [0, 0.05) is 25.0 Å². The second kappa shape index (κ2) is 7.77. The summed E-state index contributed by atoms with van der Waals surface area (Å²) in [7, 11) is 2.06. The number of pyridine rings is 1. The van der Waals surface area contributed by atoms with Crippen LogP contribution in [0.25, 0.3) is 10.9 Å². The predicted octanol–water partition coefficient (Wildman–Crippen LogP) is 3.48. The van der Waals surface area contributed by atoms with E-state index in [1.165, 1.54) is 5.56 Å². The van der Waals surface area contributed by atoms with Crippen molar-refractivity contribution in [2.24, 2.45) is 0 Å². The molecule has 25 heavy (non-hydrogen) atoms. The second-order valence-electron chi connectivity index (χ2n) is 6.03. The third-order valence-electron chi connectivity index (χ3n) is 4.04. The molecule has 0 fully saturated rings. The zero-order valence-electron chi connectivity index (χ0n) is 14.1. The summed E-state index contributed by atoms with van der Waals surface area (Å²) in [4.78, 5) is 18.2. The number of likely N-dealkylation sites (N-methyl/N-ethyl adjacent to an activating group) is 1. The van der Waals surface area contributed by atoms with E-state index in [0.717, 1.165) is 13.1 Å². The maximum atomic E-state index is 11.5. The van der Waals surface area contributed by atoms with Crippen molar-refractivity contribution < 1.29 is 9.90 Å². The first-order chi connectivity index (χ1) is 12.1. The van der Waals surface area contributed by atoms with Gasteiger partial charge in [0.2, 0.25) is 0 Å². The van der Waals surface area contributed by atoms with Gasteiger partial charge in [0.25, 0.3) is 0 Å². The summed E-state index contributed by atoms with van der Waals surface area (Å²) in [6.07, 6.45) is 0. The van der Waals surface area contributed by atoms with E-state index in [1.807, 2.05) is 36.4 Å². The van der Waals surface area contributed by atoms with E-state index in [0.29, 0.717) is 23.3 Å². The normalized spacial score (nSPS) is 11.0. The molecule has 0 radical (unpaired) electrons. The van der Waals surface area contributed by atoms with Gasteiger partial charge in [-0.1, -0.05) is 48.5 Å². The van der Waals surface area contributed by atoms with Gasteiger partial charge >= 0.3 is 5.97 Å². The van der Waals surface area contributed by atoms with Crippen LogP contribution in [-0.4, -0.2) is 41.1 Å². The van der Waals surface area contributed by atoms with Gasteiger partial charge in [-0.2, -0.15) is 0 Å². The average molecular weight is 335 g/mol. The number of para-hydroxylation sites is 1. The van der Waals surface area contributed by atoms with Gasteiger partial charge < -0.3 is 15.3 Å². The molecule has 0 spiro atoms. The number of carboxylic acid groups (broad SMARTS) is 1. The Hall–Kier alpha value is -2.92. The molecule has 0 atom stereocenters. The minimum absolute atomic E-state index is 0.269. The van der Waals surface area contributed by atoms with Gasteiger partial charge in [0.15, 0.2) is 0 Å². The molecule has 128 valence electrons. The lowest BCUT2D eigenvalue weighted by atomic mass is 10.1. The smallest absolute Gasteiger partial charge is 0.336 e. The van der Waals surface area contributed by atoms with Crippen molar-refractivity contribution in [3.63, 3.8) is 0 Å². The molecule has 2 aromatic carbocycles. The number of nitrogens with zero attached hydrogens (tertiary/aromatic N) is 2. The molecular weight excluding hydrogens is 314 g/mol. The monoisotopic (exact) mass is 335 g/mol. The van der Waals surface area contributed by atoms with Crippen LogP contribution in [0.2, 0.25) is 0 Å². The van der Waals surface area contributed by atoms with Crippen molar-refractivity contribution in [3.8, 4) is 0 Å². The molecule has 1 heterocycles. The summed E-state index contributed by atoms with van der Waals surface area (Å²) in [6.45, 7) is 2.38. The molecule has 0 saturated carbocycles. The van der Waals surface area contributed by atoms with Gasteiger partial charge in [-0.15, -0.1) is 0 Å². The number of anilines is 1. The molecule has 3 aromatic rings. The quantitative estimate of drug-likeness (QED) is 0.692. The number of fused-ring (bicyclic) bond motifs is 1. The number of benzene rings is 2. The molecule has 1 aromatic heterocycles. The lowest BCUT2D eigenvalue weighted by molar-refractivity contribution is 0.0699. The second-order valence-corrected chi connectivity index (χ2v) is 6.03. The zero-order valence-corrected chi connectivity index (χ0v) is 14.1. The number of nitrogens with one attached hydrogen (secondary N) is 1. The van der Waals surface area contributed by atoms with E-state index < -0.39 is 5.97 Å². The Morgan fingerprint density at radius 2 is 1.84 bits per heavy atom. The fraction of sp³-hybridized carbons (Fsp3) is 0.200. The molecule has 3 rings (SSSR count). The van der Waals surface area contributed by atoms with Gasteiger partial charge in [0.05, 0.1) is 11.1 Å². The largest absolute Gasteiger partial charge is 0.478 e. The predicted molar refractivity (Wildman–Crippen MR) is 100.0 cm³/mol. The van der Waals surface area contributed by atoms with E-state index in [1.54, 1.807) is 12.1 Å². The molecular formula is C20H21N3O2. The van der Waals surface area contributed by atoms with Crippen molar-refractivity contribution in [3.05, 3.63) is 71.8 Å². The van der Waals surface area contributed by atoms with Crippen LogP contribution in [0.4, 0.5) is 5.82 Å². The molecule has 0 saturated heterocycles. The van der Waals surface area contributed by atoms with E-state index in [4.69, 9.17) is 0 Å². The molecule has 5 heteroatoms. The van der Waals surface area contributed by atoms with Gasteiger partial charge in [-0.05, 0) is 24.7 Å². The van der Waals surface area contributed by atoms with Gasteiger partial charge in [-0.25, -0.2) is 9.78 Å².